The van der Waals surface area contributed by atoms with Crippen LogP contribution in [0.4, 0.5) is 0 Å². The first kappa shape index (κ1) is 15.0. The SMILES string of the molecule is COc1cc(C)cc(C)c1C(O)(CN)C(C)(C)C. The first-order valence-corrected chi connectivity index (χ1v) is 6.25. The van der Waals surface area contributed by atoms with Crippen molar-refractivity contribution in [3.8, 4) is 5.75 Å². The fraction of sp³-hybridized carbons (Fsp3) is 0.600. The van der Waals surface area contributed by atoms with Gasteiger partial charge in [-0.15, -0.1) is 0 Å². The molecule has 1 aromatic rings. The van der Waals surface area contributed by atoms with Crippen LogP contribution in [0.1, 0.15) is 37.5 Å². The summed E-state index contributed by atoms with van der Waals surface area (Å²) in [6, 6.07) is 3.99. The van der Waals surface area contributed by atoms with Crippen LogP contribution in [0.3, 0.4) is 0 Å². The van der Waals surface area contributed by atoms with Crippen LogP contribution in [0.15, 0.2) is 12.1 Å². The number of nitrogens with two attached hydrogens (primary N) is 1. The summed E-state index contributed by atoms with van der Waals surface area (Å²) >= 11 is 0. The molecule has 1 atom stereocenters. The van der Waals surface area contributed by atoms with Gasteiger partial charge in [-0.25, -0.2) is 0 Å². The minimum Gasteiger partial charge on any atom is -0.496 e. The minimum atomic E-state index is -1.10. The average molecular weight is 251 g/mol. The summed E-state index contributed by atoms with van der Waals surface area (Å²) in [5.74, 6) is 0.704. The summed E-state index contributed by atoms with van der Waals surface area (Å²) in [4.78, 5) is 0. The number of aryl methyl sites for hydroxylation is 2. The highest BCUT2D eigenvalue weighted by Crippen LogP contribution is 2.44. The van der Waals surface area contributed by atoms with Crippen molar-refractivity contribution >= 4 is 0 Å². The van der Waals surface area contributed by atoms with Crippen LogP contribution in [0.25, 0.3) is 0 Å². The van der Waals surface area contributed by atoms with Gasteiger partial charge >= 0.3 is 0 Å². The van der Waals surface area contributed by atoms with Crippen LogP contribution < -0.4 is 10.5 Å². The fourth-order valence-corrected chi connectivity index (χ4v) is 2.40. The van der Waals surface area contributed by atoms with Gasteiger partial charge in [0, 0.05) is 12.1 Å². The zero-order valence-corrected chi connectivity index (χ0v) is 12.3. The second-order valence-electron chi connectivity index (χ2n) is 5.97. The first-order chi connectivity index (χ1) is 8.17. The monoisotopic (exact) mass is 251 g/mol. The number of benzene rings is 1. The Labute approximate surface area is 110 Å². The lowest BCUT2D eigenvalue weighted by Crippen LogP contribution is -2.47. The third kappa shape index (κ3) is 2.38. The number of rotatable bonds is 3. The van der Waals surface area contributed by atoms with Crippen LogP contribution in [0, 0.1) is 19.3 Å². The molecule has 18 heavy (non-hydrogen) atoms. The van der Waals surface area contributed by atoms with Crippen molar-refractivity contribution < 1.29 is 9.84 Å². The molecule has 3 N–H and O–H groups in total. The molecular weight excluding hydrogens is 226 g/mol. The van der Waals surface area contributed by atoms with Crippen LogP contribution in [-0.2, 0) is 5.60 Å². The fourth-order valence-electron chi connectivity index (χ4n) is 2.40. The van der Waals surface area contributed by atoms with Gasteiger partial charge in [0.2, 0.25) is 0 Å². The van der Waals surface area contributed by atoms with E-state index in [0.29, 0.717) is 5.75 Å². The van der Waals surface area contributed by atoms with E-state index in [1.165, 1.54) is 0 Å². The number of ether oxygens (including phenoxy) is 1. The van der Waals surface area contributed by atoms with E-state index < -0.39 is 5.60 Å². The highest BCUT2D eigenvalue weighted by atomic mass is 16.5. The molecule has 1 rings (SSSR count). The molecule has 3 heteroatoms. The molecule has 0 spiro atoms. The molecule has 3 nitrogen and oxygen atoms in total. The third-order valence-electron chi connectivity index (χ3n) is 3.61. The van der Waals surface area contributed by atoms with Gasteiger partial charge in [0.05, 0.1) is 7.11 Å². The maximum atomic E-state index is 11.0. The van der Waals surface area contributed by atoms with E-state index in [2.05, 4.69) is 0 Å². The molecule has 0 heterocycles. The van der Waals surface area contributed by atoms with Gasteiger partial charge in [0.1, 0.15) is 11.4 Å². The maximum absolute atomic E-state index is 11.0. The quantitative estimate of drug-likeness (QED) is 0.868. The Bertz CT molecular complexity index is 435. The molecule has 1 unspecified atom stereocenters. The Morgan fingerprint density at radius 2 is 1.78 bits per heavy atom. The van der Waals surface area contributed by atoms with Crippen molar-refractivity contribution in [2.45, 2.75) is 40.2 Å². The van der Waals surface area contributed by atoms with E-state index >= 15 is 0 Å². The normalized spacial score (nSPS) is 15.3. The van der Waals surface area contributed by atoms with Gasteiger partial charge in [-0.05, 0) is 36.5 Å². The zero-order chi connectivity index (χ0) is 14.1. The molecule has 0 saturated heterocycles. The van der Waals surface area contributed by atoms with Crippen molar-refractivity contribution in [3.05, 3.63) is 28.8 Å². The lowest BCUT2D eigenvalue weighted by Gasteiger charge is -2.41. The number of hydrogen-bond donors (Lipinski definition) is 2. The minimum absolute atomic E-state index is 0.163. The van der Waals surface area contributed by atoms with Crippen molar-refractivity contribution in [2.75, 3.05) is 13.7 Å². The van der Waals surface area contributed by atoms with E-state index in [-0.39, 0.29) is 12.0 Å². The molecule has 0 radical (unpaired) electrons. The molecule has 102 valence electrons. The standard InChI is InChI=1S/C15H25NO2/c1-10-7-11(2)13(12(8-10)18-6)15(17,9-16)14(3,4)5/h7-8,17H,9,16H2,1-6H3. The van der Waals surface area contributed by atoms with Gasteiger partial charge in [0.15, 0.2) is 0 Å². The topological polar surface area (TPSA) is 55.5 Å². The van der Waals surface area contributed by atoms with Crippen molar-refractivity contribution in [2.24, 2.45) is 11.1 Å². The van der Waals surface area contributed by atoms with E-state index in [0.717, 1.165) is 16.7 Å². The highest BCUT2D eigenvalue weighted by Gasteiger charge is 2.43. The lowest BCUT2D eigenvalue weighted by atomic mass is 9.70. The Morgan fingerprint density at radius 3 is 2.17 bits per heavy atom. The summed E-state index contributed by atoms with van der Waals surface area (Å²) in [5.41, 5.74) is 7.30. The molecular formula is C15H25NO2. The molecule has 1 aromatic carbocycles. The van der Waals surface area contributed by atoms with E-state index in [4.69, 9.17) is 10.5 Å². The Morgan fingerprint density at radius 1 is 1.22 bits per heavy atom. The summed E-state index contributed by atoms with van der Waals surface area (Å²) in [6.45, 7) is 10.1. The first-order valence-electron chi connectivity index (χ1n) is 6.25. The molecule has 0 aromatic heterocycles. The van der Waals surface area contributed by atoms with Gasteiger partial charge in [-0.1, -0.05) is 26.8 Å². The molecule has 0 amide bonds. The smallest absolute Gasteiger partial charge is 0.125 e. The summed E-state index contributed by atoms with van der Waals surface area (Å²) in [6.07, 6.45) is 0. The summed E-state index contributed by atoms with van der Waals surface area (Å²) < 4.78 is 5.43. The Balaban J connectivity index is 3.57. The summed E-state index contributed by atoms with van der Waals surface area (Å²) in [7, 11) is 1.62. The molecule has 0 bridgehead atoms. The van der Waals surface area contributed by atoms with Crippen LogP contribution in [0.5, 0.6) is 5.75 Å². The molecule has 0 aliphatic rings. The number of hydrogen-bond acceptors (Lipinski definition) is 3. The second-order valence-corrected chi connectivity index (χ2v) is 5.97. The number of methoxy groups -OCH3 is 1. The predicted octanol–water partition coefficient (Wildman–Crippen LogP) is 2.50. The van der Waals surface area contributed by atoms with Crippen LogP contribution >= 0.6 is 0 Å². The van der Waals surface area contributed by atoms with E-state index in [1.54, 1.807) is 7.11 Å². The molecule has 0 aliphatic carbocycles. The highest BCUT2D eigenvalue weighted by molar-refractivity contribution is 5.47. The van der Waals surface area contributed by atoms with Gasteiger partial charge < -0.3 is 15.6 Å². The Kier molecular flexibility index (Phi) is 4.08. The second kappa shape index (κ2) is 4.90. The molecule has 0 saturated carbocycles. The van der Waals surface area contributed by atoms with Crippen molar-refractivity contribution in [3.63, 3.8) is 0 Å². The van der Waals surface area contributed by atoms with Crippen molar-refractivity contribution in [1.29, 1.82) is 0 Å². The van der Waals surface area contributed by atoms with Gasteiger partial charge in [-0.2, -0.15) is 0 Å². The van der Waals surface area contributed by atoms with Gasteiger partial charge in [0.25, 0.3) is 0 Å². The molecule has 0 fully saturated rings. The zero-order valence-electron chi connectivity index (χ0n) is 12.3. The van der Waals surface area contributed by atoms with Crippen LogP contribution in [0.2, 0.25) is 0 Å². The van der Waals surface area contributed by atoms with Crippen molar-refractivity contribution in [1.82, 2.24) is 0 Å². The summed E-state index contributed by atoms with van der Waals surface area (Å²) in [5, 5.41) is 11.0. The average Bonchev–Trinajstić information content (AvgIpc) is 2.25. The third-order valence-corrected chi connectivity index (χ3v) is 3.61. The van der Waals surface area contributed by atoms with Gasteiger partial charge in [-0.3, -0.25) is 0 Å². The predicted molar refractivity (Wildman–Crippen MR) is 74.9 cm³/mol. The largest absolute Gasteiger partial charge is 0.496 e. The number of aliphatic hydroxyl groups is 1. The maximum Gasteiger partial charge on any atom is 0.125 e. The Hall–Kier alpha value is -1.06. The van der Waals surface area contributed by atoms with Crippen LogP contribution in [-0.4, -0.2) is 18.8 Å². The molecule has 0 aliphatic heterocycles. The van der Waals surface area contributed by atoms with E-state index in [9.17, 15) is 5.11 Å². The van der Waals surface area contributed by atoms with E-state index in [1.807, 2.05) is 46.8 Å². The lowest BCUT2D eigenvalue weighted by molar-refractivity contribution is -0.0577.